The highest BCUT2D eigenvalue weighted by Gasteiger charge is 2.51. The van der Waals surface area contributed by atoms with Crippen molar-refractivity contribution in [1.29, 1.82) is 0 Å². The highest BCUT2D eigenvalue weighted by atomic mass is 19.4. The molecule has 0 saturated carbocycles. The number of carbonyl (C=O) groups excluding carboxylic acids is 1. The van der Waals surface area contributed by atoms with Gasteiger partial charge in [-0.15, -0.1) is 0 Å². The second kappa shape index (κ2) is 8.07. The van der Waals surface area contributed by atoms with E-state index in [9.17, 15) is 18.0 Å². The van der Waals surface area contributed by atoms with Crippen molar-refractivity contribution >= 4 is 18.5 Å². The Labute approximate surface area is 176 Å². The lowest BCUT2D eigenvalue weighted by atomic mass is 9.78. The minimum Gasteiger partial charge on any atom is -0.496 e. The fourth-order valence-corrected chi connectivity index (χ4v) is 3.79. The first-order valence-electron chi connectivity index (χ1n) is 10.2. The van der Waals surface area contributed by atoms with Gasteiger partial charge in [0.25, 0.3) is 0 Å². The molecule has 0 spiro atoms. The van der Waals surface area contributed by atoms with E-state index in [4.69, 9.17) is 14.0 Å². The molecule has 1 amide bonds. The average molecular weight is 427 g/mol. The minimum absolute atomic E-state index is 0.0488. The van der Waals surface area contributed by atoms with Gasteiger partial charge in [-0.2, -0.15) is 13.2 Å². The summed E-state index contributed by atoms with van der Waals surface area (Å²) in [5.74, 6) is -0.989. The summed E-state index contributed by atoms with van der Waals surface area (Å²) in [4.78, 5) is 14.3. The highest BCUT2D eigenvalue weighted by molar-refractivity contribution is 6.62. The van der Waals surface area contributed by atoms with Gasteiger partial charge < -0.3 is 18.9 Å². The lowest BCUT2D eigenvalue weighted by Gasteiger charge is -2.33. The number of carbonyl (C=O) groups is 1. The summed E-state index contributed by atoms with van der Waals surface area (Å²) < 4.78 is 56.2. The van der Waals surface area contributed by atoms with Crippen molar-refractivity contribution in [3.05, 3.63) is 23.8 Å². The lowest BCUT2D eigenvalue weighted by Crippen LogP contribution is -2.42. The van der Waals surface area contributed by atoms with Crippen LogP contribution in [0, 0.1) is 5.92 Å². The van der Waals surface area contributed by atoms with E-state index >= 15 is 0 Å². The van der Waals surface area contributed by atoms with Gasteiger partial charge in [-0.1, -0.05) is 12.1 Å². The highest BCUT2D eigenvalue weighted by Crippen LogP contribution is 2.37. The molecule has 1 aromatic carbocycles. The van der Waals surface area contributed by atoms with Crippen LogP contribution in [0.2, 0.25) is 0 Å². The van der Waals surface area contributed by atoms with Gasteiger partial charge in [0.1, 0.15) is 5.75 Å². The minimum atomic E-state index is -4.20. The smallest absolute Gasteiger partial charge is 0.494 e. The number of hydrogen-bond donors (Lipinski definition) is 0. The second-order valence-corrected chi connectivity index (χ2v) is 9.03. The molecule has 166 valence electrons. The number of benzene rings is 1. The topological polar surface area (TPSA) is 48.0 Å². The number of hydrogen-bond acceptors (Lipinski definition) is 4. The van der Waals surface area contributed by atoms with E-state index in [-0.39, 0.29) is 38.3 Å². The van der Waals surface area contributed by atoms with Gasteiger partial charge in [0, 0.05) is 18.7 Å². The van der Waals surface area contributed by atoms with Crippen LogP contribution in [0.5, 0.6) is 5.75 Å². The standard InChI is InChI=1S/C21H29BF3NO4/c1-19(2)20(3,4)30-22(29-19)16-6-7-17(28-5)14(12-16)13-18(27)26-10-8-15(9-11-26)21(23,24)25/h6-7,12,15H,8-11,13H2,1-5H3. The van der Waals surface area contributed by atoms with Gasteiger partial charge in [-0.05, 0) is 52.1 Å². The molecule has 2 aliphatic heterocycles. The molecule has 2 fully saturated rings. The van der Waals surface area contributed by atoms with Crippen LogP contribution in [0.4, 0.5) is 13.2 Å². The Morgan fingerprint density at radius 2 is 1.73 bits per heavy atom. The van der Waals surface area contributed by atoms with Crippen LogP contribution in [0.15, 0.2) is 18.2 Å². The molecule has 1 aromatic rings. The van der Waals surface area contributed by atoms with Gasteiger partial charge in [-0.25, -0.2) is 0 Å². The molecule has 2 saturated heterocycles. The van der Waals surface area contributed by atoms with Crippen molar-refractivity contribution in [3.63, 3.8) is 0 Å². The molecule has 2 heterocycles. The zero-order chi connectivity index (χ0) is 22.3. The van der Waals surface area contributed by atoms with Crippen LogP contribution in [0.3, 0.4) is 0 Å². The number of ether oxygens (including phenoxy) is 1. The van der Waals surface area contributed by atoms with Crippen molar-refractivity contribution < 1.29 is 32.0 Å². The number of likely N-dealkylation sites (tertiary alicyclic amines) is 1. The number of methoxy groups -OCH3 is 1. The van der Waals surface area contributed by atoms with Crippen molar-refractivity contribution in [3.8, 4) is 5.75 Å². The Balaban J connectivity index is 1.72. The Kier molecular flexibility index (Phi) is 6.17. The van der Waals surface area contributed by atoms with Crippen LogP contribution >= 0.6 is 0 Å². The molecule has 3 rings (SSSR count). The number of amides is 1. The largest absolute Gasteiger partial charge is 0.496 e. The van der Waals surface area contributed by atoms with E-state index in [1.54, 1.807) is 6.07 Å². The van der Waals surface area contributed by atoms with Crippen LogP contribution in [0.1, 0.15) is 46.1 Å². The lowest BCUT2D eigenvalue weighted by molar-refractivity contribution is -0.186. The number of rotatable bonds is 4. The number of piperidine rings is 1. The normalized spacial score (nSPS) is 21.7. The first-order chi connectivity index (χ1) is 13.8. The quantitative estimate of drug-likeness (QED) is 0.692. The van der Waals surface area contributed by atoms with E-state index in [0.717, 1.165) is 5.46 Å². The summed E-state index contributed by atoms with van der Waals surface area (Å²) in [5.41, 5.74) is 0.452. The van der Waals surface area contributed by atoms with Gasteiger partial charge in [0.2, 0.25) is 5.91 Å². The Morgan fingerprint density at radius 3 is 2.23 bits per heavy atom. The van der Waals surface area contributed by atoms with Gasteiger partial charge in [0.15, 0.2) is 0 Å². The predicted molar refractivity (Wildman–Crippen MR) is 108 cm³/mol. The third kappa shape index (κ3) is 4.62. The Hall–Kier alpha value is -1.74. The maximum Gasteiger partial charge on any atom is 0.494 e. The zero-order valence-electron chi connectivity index (χ0n) is 18.1. The van der Waals surface area contributed by atoms with Crippen LogP contribution in [-0.2, 0) is 20.5 Å². The Morgan fingerprint density at radius 1 is 1.17 bits per heavy atom. The molecule has 0 aromatic heterocycles. The first-order valence-corrected chi connectivity index (χ1v) is 10.2. The van der Waals surface area contributed by atoms with Gasteiger partial charge in [0.05, 0.1) is 30.7 Å². The number of halogens is 3. The van der Waals surface area contributed by atoms with E-state index in [0.29, 0.717) is 11.3 Å². The summed E-state index contributed by atoms with van der Waals surface area (Å²) in [5, 5.41) is 0. The van der Waals surface area contributed by atoms with E-state index in [1.165, 1.54) is 12.0 Å². The molecule has 5 nitrogen and oxygen atoms in total. The molecular formula is C21H29BF3NO4. The number of nitrogens with zero attached hydrogens (tertiary/aromatic N) is 1. The molecule has 2 aliphatic rings. The SMILES string of the molecule is COc1ccc(B2OC(C)(C)C(C)(C)O2)cc1CC(=O)N1CCC(C(F)(F)F)CC1. The molecule has 0 unspecified atom stereocenters. The summed E-state index contributed by atoms with van der Waals surface area (Å²) in [7, 11) is 0.948. The summed E-state index contributed by atoms with van der Waals surface area (Å²) >= 11 is 0. The first kappa shape index (κ1) is 22.9. The number of alkyl halides is 3. The molecule has 0 radical (unpaired) electrons. The van der Waals surface area contributed by atoms with E-state index in [1.807, 2.05) is 39.8 Å². The van der Waals surface area contributed by atoms with Crippen LogP contribution < -0.4 is 10.2 Å². The maximum absolute atomic E-state index is 12.9. The fourth-order valence-electron chi connectivity index (χ4n) is 3.79. The third-order valence-electron chi connectivity index (χ3n) is 6.48. The van der Waals surface area contributed by atoms with Crippen molar-refractivity contribution in [2.45, 2.75) is 64.3 Å². The molecular weight excluding hydrogens is 398 g/mol. The molecule has 9 heteroatoms. The monoisotopic (exact) mass is 427 g/mol. The maximum atomic E-state index is 12.9. The predicted octanol–water partition coefficient (Wildman–Crippen LogP) is 3.34. The van der Waals surface area contributed by atoms with E-state index in [2.05, 4.69) is 0 Å². The molecule has 0 N–H and O–H groups in total. The molecule has 0 aliphatic carbocycles. The Bertz CT molecular complexity index is 773. The van der Waals surface area contributed by atoms with Crippen molar-refractivity contribution in [2.75, 3.05) is 20.2 Å². The molecule has 0 bridgehead atoms. The average Bonchev–Trinajstić information content (AvgIpc) is 2.88. The second-order valence-electron chi connectivity index (χ2n) is 9.03. The summed E-state index contributed by atoms with van der Waals surface area (Å²) in [6.45, 7) is 8.08. The van der Waals surface area contributed by atoms with Crippen molar-refractivity contribution in [1.82, 2.24) is 4.90 Å². The fraction of sp³-hybridized carbons (Fsp3) is 0.667. The van der Waals surface area contributed by atoms with E-state index < -0.39 is 30.4 Å². The van der Waals surface area contributed by atoms with Gasteiger partial charge >= 0.3 is 13.3 Å². The van der Waals surface area contributed by atoms with Crippen LogP contribution in [-0.4, -0.2) is 55.5 Å². The molecule has 30 heavy (non-hydrogen) atoms. The zero-order valence-corrected chi connectivity index (χ0v) is 18.1. The molecule has 0 atom stereocenters. The van der Waals surface area contributed by atoms with Crippen molar-refractivity contribution in [2.24, 2.45) is 5.92 Å². The summed E-state index contributed by atoms with van der Waals surface area (Å²) in [6, 6.07) is 5.42. The third-order valence-corrected chi connectivity index (χ3v) is 6.48. The van der Waals surface area contributed by atoms with Crippen LogP contribution in [0.25, 0.3) is 0 Å². The summed E-state index contributed by atoms with van der Waals surface area (Å²) in [6.07, 6.45) is -4.26. The van der Waals surface area contributed by atoms with Gasteiger partial charge in [-0.3, -0.25) is 4.79 Å².